The molecule has 0 aliphatic carbocycles. The van der Waals surface area contributed by atoms with Crippen LogP contribution in [0, 0.1) is 5.41 Å². The number of carbonyl (C=O) groups is 1. The summed E-state index contributed by atoms with van der Waals surface area (Å²) in [7, 11) is 0. The van der Waals surface area contributed by atoms with Crippen molar-refractivity contribution >= 4 is 29.6 Å². The Morgan fingerprint density at radius 3 is 2.33 bits per heavy atom. The quantitative estimate of drug-likeness (QED) is 0.399. The summed E-state index contributed by atoms with van der Waals surface area (Å²) in [6, 6.07) is 0. The molecule has 0 spiro atoms. The van der Waals surface area contributed by atoms with E-state index in [1.165, 1.54) is 0 Å². The van der Waals surface area contributed by atoms with Gasteiger partial charge in [-0.1, -0.05) is 12.2 Å². The Bertz CT molecular complexity index is 78.8. The molecule has 0 saturated heterocycles. The fraction of sp³-hybridized carbons (Fsp3) is 0. The van der Waals surface area contributed by atoms with Crippen LogP contribution in [-0.4, -0.2) is 17.4 Å². The summed E-state index contributed by atoms with van der Waals surface area (Å²) in [4.78, 5) is 9.78. The molecule has 6 heavy (non-hydrogen) atoms. The van der Waals surface area contributed by atoms with E-state index in [0.717, 1.165) is 5.37 Å². The summed E-state index contributed by atoms with van der Waals surface area (Å²) in [6.07, 6.45) is 0.674. The third-order valence-corrected chi connectivity index (χ3v) is 0.491. The van der Waals surface area contributed by atoms with Gasteiger partial charge in [-0.3, -0.25) is 4.79 Å². The second-order valence-electron chi connectivity index (χ2n) is 0.665. The van der Waals surface area contributed by atoms with Crippen LogP contribution in [0.1, 0.15) is 0 Å². The van der Waals surface area contributed by atoms with Gasteiger partial charge in [-0.25, -0.2) is 0 Å². The number of thiocarbonyl (C=S) groups is 1. The first-order valence-electron chi connectivity index (χ1n) is 1.31. The number of Topliss-reactive ketones (excluding diaryl/α,β-unsaturated/α-hetero) is 1. The second-order valence-corrected chi connectivity index (χ2v) is 0.900. The summed E-state index contributed by atoms with van der Waals surface area (Å²) in [6.45, 7) is 0. The molecule has 0 aromatic rings. The summed E-state index contributed by atoms with van der Waals surface area (Å²) < 4.78 is 0. The van der Waals surface area contributed by atoms with Crippen LogP contribution in [0.15, 0.2) is 0 Å². The first-order valence-corrected chi connectivity index (χ1v) is 1.78. The Morgan fingerprint density at radius 2 is 2.33 bits per heavy atom. The van der Waals surface area contributed by atoms with Crippen LogP contribution in [0.4, 0.5) is 0 Å². The molecule has 1 N–H and O–H groups in total. The maximum Gasteiger partial charge on any atom is 0.206 e. The van der Waals surface area contributed by atoms with Crippen LogP contribution >= 0.6 is 12.2 Å². The van der Waals surface area contributed by atoms with Crippen molar-refractivity contribution in [2.24, 2.45) is 0 Å². The molecule has 0 aliphatic rings. The van der Waals surface area contributed by atoms with Crippen molar-refractivity contribution in [1.29, 1.82) is 5.41 Å². The molecule has 0 rings (SSSR count). The van der Waals surface area contributed by atoms with E-state index in [1.807, 2.05) is 0 Å². The lowest BCUT2D eigenvalue weighted by Crippen LogP contribution is -1.94. The summed E-state index contributed by atoms with van der Waals surface area (Å²) in [5.74, 6) is -0.426. The smallest absolute Gasteiger partial charge is 0.206 e. The van der Waals surface area contributed by atoms with Crippen LogP contribution in [0.25, 0.3) is 0 Å². The van der Waals surface area contributed by atoms with E-state index in [1.54, 1.807) is 0 Å². The minimum atomic E-state index is -0.426. The van der Waals surface area contributed by atoms with Gasteiger partial charge in [0, 0.05) is 0 Å². The number of carbonyl (C=O) groups excluding carboxylic acids is 1. The van der Waals surface area contributed by atoms with Gasteiger partial charge in [0.1, 0.15) is 0 Å². The van der Waals surface area contributed by atoms with Gasteiger partial charge in [-0.05, 0) is 0 Å². The van der Waals surface area contributed by atoms with Crippen molar-refractivity contribution in [3.8, 4) is 0 Å². The molecule has 0 fully saturated rings. The molecule has 0 radical (unpaired) electrons. The molecule has 0 aromatic carbocycles. The van der Waals surface area contributed by atoms with Gasteiger partial charge in [-0.15, -0.1) is 0 Å². The first kappa shape index (κ1) is 5.43. The molecule has 0 amide bonds. The van der Waals surface area contributed by atoms with Crippen LogP contribution in [0.2, 0.25) is 0 Å². The predicted molar refractivity (Wildman–Crippen MR) is 27.4 cm³/mol. The Labute approximate surface area is 40.7 Å². The number of ketones is 1. The van der Waals surface area contributed by atoms with Gasteiger partial charge in [-0.2, -0.15) is 0 Å². The highest BCUT2D eigenvalue weighted by atomic mass is 32.1. The molecule has 2 nitrogen and oxygen atoms in total. The molecule has 0 atom stereocenters. The fourth-order valence-electron chi connectivity index (χ4n) is 0.0340. The fourth-order valence-corrected chi connectivity index (χ4v) is 0.102. The van der Waals surface area contributed by atoms with Gasteiger partial charge in [0.05, 0.1) is 11.6 Å². The third kappa shape index (κ3) is 1.72. The summed E-state index contributed by atoms with van der Waals surface area (Å²) >= 11 is 4.15. The van der Waals surface area contributed by atoms with Gasteiger partial charge in [0.15, 0.2) is 0 Å². The van der Waals surface area contributed by atoms with Crippen molar-refractivity contribution in [2.75, 3.05) is 0 Å². The zero-order valence-electron chi connectivity index (χ0n) is 2.97. The zero-order valence-corrected chi connectivity index (χ0v) is 3.79. The van der Waals surface area contributed by atoms with E-state index in [0.29, 0.717) is 6.21 Å². The van der Waals surface area contributed by atoms with Gasteiger partial charge >= 0.3 is 0 Å². The lowest BCUT2D eigenvalue weighted by molar-refractivity contribution is -0.106. The predicted octanol–water partition coefficient (Wildman–Crippen LogP) is 0.205. The zero-order chi connectivity index (χ0) is 4.99. The molecular formula is C3H3NOS. The maximum absolute atomic E-state index is 9.78. The van der Waals surface area contributed by atoms with Gasteiger partial charge in [0.25, 0.3) is 0 Å². The number of rotatable bonds is 2. The van der Waals surface area contributed by atoms with Gasteiger partial charge in [0.2, 0.25) is 5.78 Å². The molecule has 0 aliphatic heterocycles. The van der Waals surface area contributed by atoms with E-state index in [9.17, 15) is 4.79 Å². The Hall–Kier alpha value is -0.570. The van der Waals surface area contributed by atoms with E-state index in [2.05, 4.69) is 12.2 Å². The highest BCUT2D eigenvalue weighted by Gasteiger charge is 1.80. The average molecular weight is 101 g/mol. The van der Waals surface area contributed by atoms with Gasteiger partial charge < -0.3 is 5.41 Å². The summed E-state index contributed by atoms with van der Waals surface area (Å²) in [5.41, 5.74) is 0. The molecule has 0 bridgehead atoms. The molecule has 3 heteroatoms. The van der Waals surface area contributed by atoms with Crippen molar-refractivity contribution in [3.63, 3.8) is 0 Å². The molecule has 32 valence electrons. The minimum absolute atomic E-state index is 0.426. The van der Waals surface area contributed by atoms with Crippen LogP contribution < -0.4 is 0 Å². The topological polar surface area (TPSA) is 40.9 Å². The van der Waals surface area contributed by atoms with Crippen LogP contribution in [0.5, 0.6) is 0 Å². The van der Waals surface area contributed by atoms with E-state index in [-0.39, 0.29) is 0 Å². The highest BCUT2D eigenvalue weighted by molar-refractivity contribution is 7.80. The molecular weight excluding hydrogens is 98.1 g/mol. The number of hydrogen-bond acceptors (Lipinski definition) is 3. The van der Waals surface area contributed by atoms with Crippen molar-refractivity contribution in [2.45, 2.75) is 0 Å². The Balaban J connectivity index is 3.52. The average Bonchev–Trinajstić information content (AvgIpc) is 1.65. The monoisotopic (exact) mass is 101 g/mol. The molecule has 0 unspecified atom stereocenters. The summed E-state index contributed by atoms with van der Waals surface area (Å²) in [5, 5.41) is 7.16. The van der Waals surface area contributed by atoms with Crippen LogP contribution in [0.3, 0.4) is 0 Å². The maximum atomic E-state index is 9.78. The Kier molecular flexibility index (Phi) is 2.40. The normalized spacial score (nSPS) is 6.67. The largest absolute Gasteiger partial charge is 0.305 e. The van der Waals surface area contributed by atoms with Crippen LogP contribution in [-0.2, 0) is 4.79 Å². The van der Waals surface area contributed by atoms with Crippen molar-refractivity contribution < 1.29 is 4.79 Å². The highest BCUT2D eigenvalue weighted by Crippen LogP contribution is 1.52. The molecule has 0 saturated carbocycles. The lowest BCUT2D eigenvalue weighted by Gasteiger charge is -1.64. The molecule has 0 heterocycles. The van der Waals surface area contributed by atoms with E-state index < -0.39 is 5.78 Å². The standard InChI is InChI=1S/C3H3NOS/c4-1-3(5)2-6/h1-2,4H. The lowest BCUT2D eigenvalue weighted by atomic mass is 10.5. The van der Waals surface area contributed by atoms with E-state index in [4.69, 9.17) is 5.41 Å². The van der Waals surface area contributed by atoms with E-state index >= 15 is 0 Å². The number of nitrogens with one attached hydrogen (secondary N) is 1. The SMILES string of the molecule is N=CC(=O)C=S. The number of hydrogen-bond donors (Lipinski definition) is 1. The molecule has 0 aromatic heterocycles. The third-order valence-electron chi connectivity index (χ3n) is 0.258. The van der Waals surface area contributed by atoms with Crippen molar-refractivity contribution in [1.82, 2.24) is 0 Å². The second kappa shape index (κ2) is 2.66. The first-order chi connectivity index (χ1) is 2.81. The Morgan fingerprint density at radius 1 is 1.83 bits per heavy atom. The van der Waals surface area contributed by atoms with Crippen molar-refractivity contribution in [3.05, 3.63) is 0 Å². The minimum Gasteiger partial charge on any atom is -0.305 e.